The van der Waals surface area contributed by atoms with Gasteiger partial charge < -0.3 is 20.1 Å². The molecule has 5 atom stereocenters. The molecular formula is C29H26ClF3N2O4. The van der Waals surface area contributed by atoms with Crippen LogP contribution in [0, 0.1) is 17.7 Å². The molecule has 2 saturated heterocycles. The molecule has 6 nitrogen and oxygen atoms in total. The summed E-state index contributed by atoms with van der Waals surface area (Å²) in [4.78, 5) is 27.3. The molecule has 2 unspecified atom stereocenters. The number of fused-ring (bicyclic) bond motifs is 2. The molecule has 1 spiro atoms. The van der Waals surface area contributed by atoms with E-state index in [1.165, 1.54) is 18.2 Å². The monoisotopic (exact) mass is 558 g/mol. The Morgan fingerprint density at radius 3 is 2.67 bits per heavy atom. The van der Waals surface area contributed by atoms with E-state index in [0.717, 1.165) is 18.2 Å². The minimum absolute atomic E-state index is 0.215. The van der Waals surface area contributed by atoms with Gasteiger partial charge >= 0.3 is 0 Å². The summed E-state index contributed by atoms with van der Waals surface area (Å²) in [6, 6.07) is 7.63. The number of piperidine rings is 1. The van der Waals surface area contributed by atoms with E-state index in [0.29, 0.717) is 48.1 Å². The van der Waals surface area contributed by atoms with Crippen molar-refractivity contribution in [2.75, 3.05) is 18.5 Å². The predicted octanol–water partition coefficient (Wildman–Crippen LogP) is 5.48. The van der Waals surface area contributed by atoms with Crippen LogP contribution < -0.4 is 15.4 Å². The summed E-state index contributed by atoms with van der Waals surface area (Å²) < 4.78 is 56.5. The van der Waals surface area contributed by atoms with Crippen LogP contribution in [0.3, 0.4) is 0 Å². The number of amides is 2. The highest BCUT2D eigenvalue weighted by molar-refractivity contribution is 6.31. The second-order valence-electron chi connectivity index (χ2n) is 10.4. The van der Waals surface area contributed by atoms with E-state index in [2.05, 4.69) is 10.6 Å². The van der Waals surface area contributed by atoms with E-state index in [-0.39, 0.29) is 18.1 Å². The molecule has 6 rings (SSSR count). The lowest BCUT2D eigenvalue weighted by Gasteiger charge is -2.49. The van der Waals surface area contributed by atoms with Crippen LogP contribution in [0.1, 0.15) is 36.4 Å². The van der Waals surface area contributed by atoms with Crippen molar-refractivity contribution in [1.82, 2.24) is 5.32 Å². The molecule has 0 radical (unpaired) electrons. The number of hydrogen-bond acceptors (Lipinski definition) is 4. The largest absolute Gasteiger partial charge is 0.490 e. The molecule has 2 amide bonds. The fourth-order valence-electron chi connectivity index (χ4n) is 6.46. The van der Waals surface area contributed by atoms with Crippen molar-refractivity contribution in [2.45, 2.75) is 43.0 Å². The summed E-state index contributed by atoms with van der Waals surface area (Å²) in [5.74, 6) is -4.09. The quantitative estimate of drug-likeness (QED) is 0.521. The predicted molar refractivity (Wildman–Crippen MR) is 138 cm³/mol. The SMILES string of the molecule is O=C1C[C@@H](C2C=C(F)C=CC2F)[C@]2(C(=O)Nc3cc(Cl)ccc32)[C@@H](c2cc(F)ccc2OC2CCOCC2)N1. The number of ether oxygens (including phenoxy) is 2. The van der Waals surface area contributed by atoms with Crippen LogP contribution in [0.2, 0.25) is 5.02 Å². The van der Waals surface area contributed by atoms with Crippen molar-refractivity contribution in [3.8, 4) is 5.75 Å². The Balaban J connectivity index is 1.56. The van der Waals surface area contributed by atoms with E-state index < -0.39 is 52.9 Å². The van der Waals surface area contributed by atoms with E-state index >= 15 is 4.39 Å². The standard InChI is InChI=1S/C29H26ClF3N2O4/c30-15-1-4-21-24(11-15)34-28(37)29(21)22(19-12-16(31)2-5-23(19)33)14-26(36)35-27(29)20-13-17(32)3-6-25(20)39-18-7-9-38-10-8-18/h1-6,11-13,18-19,22-23,27H,7-10,14H2,(H,34,37)(H,35,36)/t19?,22-,23?,27+,29-/m0/s1. The summed E-state index contributed by atoms with van der Waals surface area (Å²) in [7, 11) is 0. The summed E-state index contributed by atoms with van der Waals surface area (Å²) in [5.41, 5.74) is -0.521. The molecule has 2 N–H and O–H groups in total. The summed E-state index contributed by atoms with van der Waals surface area (Å²) >= 11 is 6.23. The van der Waals surface area contributed by atoms with Crippen molar-refractivity contribution in [1.29, 1.82) is 0 Å². The maximum atomic E-state index is 15.4. The van der Waals surface area contributed by atoms with Crippen molar-refractivity contribution in [2.24, 2.45) is 11.8 Å². The van der Waals surface area contributed by atoms with Gasteiger partial charge in [0.2, 0.25) is 11.8 Å². The third-order valence-electron chi connectivity index (χ3n) is 8.17. The Labute approximate surface area is 228 Å². The first-order valence-electron chi connectivity index (χ1n) is 12.9. The van der Waals surface area contributed by atoms with Crippen molar-refractivity contribution < 1.29 is 32.2 Å². The van der Waals surface area contributed by atoms with Crippen LogP contribution in [-0.4, -0.2) is 37.3 Å². The molecule has 39 heavy (non-hydrogen) atoms. The highest BCUT2D eigenvalue weighted by Crippen LogP contribution is 2.58. The number of carbonyl (C=O) groups excluding carboxylic acids is 2. The zero-order valence-electron chi connectivity index (χ0n) is 20.8. The fraction of sp³-hybridized carbons (Fsp3) is 0.379. The van der Waals surface area contributed by atoms with Gasteiger partial charge in [-0.3, -0.25) is 9.59 Å². The Morgan fingerprint density at radius 1 is 1.08 bits per heavy atom. The molecule has 3 aliphatic heterocycles. The van der Waals surface area contributed by atoms with E-state index in [1.54, 1.807) is 18.2 Å². The number of hydrogen-bond donors (Lipinski definition) is 2. The van der Waals surface area contributed by atoms with Gasteiger partial charge in [0.05, 0.1) is 19.3 Å². The number of nitrogens with one attached hydrogen (secondary N) is 2. The van der Waals surface area contributed by atoms with Crippen LogP contribution in [0.15, 0.2) is 60.5 Å². The first-order chi connectivity index (χ1) is 18.8. The smallest absolute Gasteiger partial charge is 0.237 e. The third kappa shape index (κ3) is 4.41. The first-order valence-corrected chi connectivity index (χ1v) is 13.3. The second-order valence-corrected chi connectivity index (χ2v) is 10.8. The lowest BCUT2D eigenvalue weighted by atomic mass is 9.56. The number of halogens is 4. The molecular weight excluding hydrogens is 533 g/mol. The van der Waals surface area contributed by atoms with Gasteiger partial charge in [0.25, 0.3) is 0 Å². The Hall–Kier alpha value is -3.30. The number of alkyl halides is 1. The van der Waals surface area contributed by atoms with E-state index in [9.17, 15) is 18.4 Å². The minimum Gasteiger partial charge on any atom is -0.490 e. The number of anilines is 1. The molecule has 204 valence electrons. The average Bonchev–Trinajstić information content (AvgIpc) is 3.19. The molecule has 1 aliphatic carbocycles. The van der Waals surface area contributed by atoms with Crippen LogP contribution >= 0.6 is 11.6 Å². The average molecular weight is 559 g/mol. The molecule has 0 bridgehead atoms. The van der Waals surface area contributed by atoms with Gasteiger partial charge in [0.1, 0.15) is 35.1 Å². The summed E-state index contributed by atoms with van der Waals surface area (Å²) in [5, 5.41) is 6.10. The van der Waals surface area contributed by atoms with Crippen LogP contribution in [-0.2, 0) is 19.7 Å². The lowest BCUT2D eigenvalue weighted by Crippen LogP contribution is -2.60. The highest BCUT2D eigenvalue weighted by Gasteiger charge is 2.63. The van der Waals surface area contributed by atoms with Crippen molar-refractivity contribution in [3.63, 3.8) is 0 Å². The maximum absolute atomic E-state index is 15.4. The number of allylic oxidation sites excluding steroid dienone is 4. The van der Waals surface area contributed by atoms with Crippen LogP contribution in [0.5, 0.6) is 5.75 Å². The highest BCUT2D eigenvalue weighted by atomic mass is 35.5. The zero-order chi connectivity index (χ0) is 27.3. The van der Waals surface area contributed by atoms with E-state index in [1.807, 2.05) is 0 Å². The molecule has 10 heteroatoms. The van der Waals surface area contributed by atoms with Gasteiger partial charge in [0, 0.05) is 41.5 Å². The van der Waals surface area contributed by atoms with Gasteiger partial charge in [-0.1, -0.05) is 17.7 Å². The van der Waals surface area contributed by atoms with Crippen LogP contribution in [0.25, 0.3) is 0 Å². The number of benzene rings is 2. The first kappa shape index (κ1) is 26.0. The van der Waals surface area contributed by atoms with Gasteiger partial charge in [-0.2, -0.15) is 0 Å². The zero-order valence-corrected chi connectivity index (χ0v) is 21.5. The minimum atomic E-state index is -1.65. The molecule has 0 saturated carbocycles. The Morgan fingerprint density at radius 2 is 1.87 bits per heavy atom. The fourth-order valence-corrected chi connectivity index (χ4v) is 6.63. The van der Waals surface area contributed by atoms with Gasteiger partial charge in [0.15, 0.2) is 0 Å². The Bertz CT molecular complexity index is 1390. The third-order valence-corrected chi connectivity index (χ3v) is 8.41. The molecule has 4 aliphatic rings. The summed E-state index contributed by atoms with van der Waals surface area (Å²) in [6.45, 7) is 1.02. The van der Waals surface area contributed by atoms with Gasteiger partial charge in [-0.15, -0.1) is 0 Å². The van der Waals surface area contributed by atoms with Crippen molar-refractivity contribution in [3.05, 3.63) is 82.4 Å². The number of carbonyl (C=O) groups is 2. The molecule has 0 aromatic heterocycles. The van der Waals surface area contributed by atoms with E-state index in [4.69, 9.17) is 21.1 Å². The van der Waals surface area contributed by atoms with Crippen molar-refractivity contribution >= 4 is 29.1 Å². The van der Waals surface area contributed by atoms with Gasteiger partial charge in [-0.05, 0) is 60.0 Å². The number of rotatable bonds is 4. The maximum Gasteiger partial charge on any atom is 0.237 e. The molecule has 2 aromatic carbocycles. The second kappa shape index (κ2) is 10.0. The summed E-state index contributed by atoms with van der Waals surface area (Å²) in [6.07, 6.45) is 2.37. The van der Waals surface area contributed by atoms with Gasteiger partial charge in [-0.25, -0.2) is 13.2 Å². The van der Waals surface area contributed by atoms with Crippen LogP contribution in [0.4, 0.5) is 18.9 Å². The molecule has 2 fully saturated rings. The lowest BCUT2D eigenvalue weighted by molar-refractivity contribution is -0.135. The topological polar surface area (TPSA) is 76.7 Å². The Kier molecular flexibility index (Phi) is 6.67. The normalized spacial score (nSPS) is 30.5. The molecule has 2 aromatic rings. The molecule has 3 heterocycles.